The highest BCUT2D eigenvalue weighted by Crippen LogP contribution is 2.27. The van der Waals surface area contributed by atoms with E-state index in [1.807, 2.05) is 19.9 Å². The van der Waals surface area contributed by atoms with Crippen LogP contribution in [-0.2, 0) is 10.0 Å². The molecular formula is C20H25ClN2O3S. The highest BCUT2D eigenvalue weighted by Gasteiger charge is 2.21. The van der Waals surface area contributed by atoms with Gasteiger partial charge in [0.1, 0.15) is 4.90 Å². The second-order valence-corrected chi connectivity index (χ2v) is 8.99. The maximum Gasteiger partial charge on any atom is 0.263 e. The quantitative estimate of drug-likeness (QED) is 0.706. The van der Waals surface area contributed by atoms with Gasteiger partial charge >= 0.3 is 0 Å². The predicted octanol–water partition coefficient (Wildman–Crippen LogP) is 4.53. The topological polar surface area (TPSA) is 75.3 Å². The van der Waals surface area contributed by atoms with Crippen LogP contribution in [0.1, 0.15) is 41.8 Å². The lowest BCUT2D eigenvalue weighted by Crippen LogP contribution is -2.25. The minimum atomic E-state index is -3.94. The van der Waals surface area contributed by atoms with Crippen molar-refractivity contribution in [3.05, 3.63) is 58.1 Å². The Balaban J connectivity index is 2.28. The Morgan fingerprint density at radius 3 is 2.52 bits per heavy atom. The van der Waals surface area contributed by atoms with Crippen molar-refractivity contribution in [2.24, 2.45) is 5.92 Å². The number of sulfonamides is 1. The maximum atomic E-state index is 12.8. The molecule has 0 fully saturated rings. The van der Waals surface area contributed by atoms with Gasteiger partial charge in [-0.1, -0.05) is 37.6 Å². The van der Waals surface area contributed by atoms with E-state index in [2.05, 4.69) is 23.9 Å². The van der Waals surface area contributed by atoms with E-state index in [0.717, 1.165) is 17.5 Å². The molecule has 0 aliphatic heterocycles. The number of aryl methyl sites for hydroxylation is 1. The third-order valence-corrected chi connectivity index (χ3v) is 6.19. The van der Waals surface area contributed by atoms with E-state index in [1.54, 1.807) is 12.1 Å². The highest BCUT2D eigenvalue weighted by atomic mass is 35.5. The van der Waals surface area contributed by atoms with Crippen molar-refractivity contribution < 1.29 is 13.2 Å². The van der Waals surface area contributed by atoms with Gasteiger partial charge in [0, 0.05) is 12.1 Å². The van der Waals surface area contributed by atoms with Crippen LogP contribution in [0.2, 0.25) is 5.02 Å². The lowest BCUT2D eigenvalue weighted by molar-refractivity contribution is 0.0952. The fraction of sp³-hybridized carbons (Fsp3) is 0.350. The Morgan fingerprint density at radius 1 is 1.15 bits per heavy atom. The normalized spacial score (nSPS) is 11.5. The lowest BCUT2D eigenvalue weighted by atomic mass is 10.1. The first-order valence-corrected chi connectivity index (χ1v) is 10.6. The van der Waals surface area contributed by atoms with Crippen LogP contribution in [0.3, 0.4) is 0 Å². The van der Waals surface area contributed by atoms with Gasteiger partial charge in [-0.25, -0.2) is 8.42 Å². The smallest absolute Gasteiger partial charge is 0.263 e. The second-order valence-electron chi connectivity index (χ2n) is 6.94. The van der Waals surface area contributed by atoms with E-state index in [-0.39, 0.29) is 21.4 Å². The molecule has 0 spiro atoms. The zero-order chi connectivity index (χ0) is 20.2. The molecule has 0 unspecified atom stereocenters. The summed E-state index contributed by atoms with van der Waals surface area (Å²) < 4.78 is 28.2. The van der Waals surface area contributed by atoms with Gasteiger partial charge < -0.3 is 5.32 Å². The van der Waals surface area contributed by atoms with Crippen LogP contribution in [0, 0.1) is 19.8 Å². The molecular weight excluding hydrogens is 384 g/mol. The molecule has 0 atom stereocenters. The molecule has 0 saturated carbocycles. The highest BCUT2D eigenvalue weighted by molar-refractivity contribution is 7.92. The summed E-state index contributed by atoms with van der Waals surface area (Å²) in [6, 6.07) is 9.62. The van der Waals surface area contributed by atoms with Gasteiger partial charge in [-0.2, -0.15) is 0 Å². The molecule has 2 aromatic rings. The van der Waals surface area contributed by atoms with Crippen molar-refractivity contribution in [2.45, 2.75) is 39.0 Å². The molecule has 0 bridgehead atoms. The summed E-state index contributed by atoms with van der Waals surface area (Å²) in [5.41, 5.74) is 2.54. The van der Waals surface area contributed by atoms with E-state index in [1.165, 1.54) is 18.2 Å². The third-order valence-electron chi connectivity index (χ3n) is 4.34. The summed E-state index contributed by atoms with van der Waals surface area (Å²) in [7, 11) is -3.94. The first-order valence-electron chi connectivity index (χ1n) is 8.78. The van der Waals surface area contributed by atoms with E-state index in [9.17, 15) is 13.2 Å². The van der Waals surface area contributed by atoms with Gasteiger partial charge in [-0.05, 0) is 61.6 Å². The Bertz CT molecular complexity index is 940. The molecule has 0 saturated heterocycles. The number of halogens is 1. The number of rotatable bonds is 7. The predicted molar refractivity (Wildman–Crippen MR) is 110 cm³/mol. The number of amides is 1. The standard InChI is InChI=1S/C20H25ClN2O3S/c1-13(2)10-11-22-20(24)16-8-9-17(21)19(12-16)27(25,26)23-18-7-5-6-14(3)15(18)4/h5-9,12-13,23H,10-11H2,1-4H3,(H,22,24). The summed E-state index contributed by atoms with van der Waals surface area (Å²) in [4.78, 5) is 12.2. The van der Waals surface area contributed by atoms with Crippen LogP contribution in [0.4, 0.5) is 5.69 Å². The molecule has 2 aromatic carbocycles. The molecule has 2 N–H and O–H groups in total. The van der Waals surface area contributed by atoms with Gasteiger partial charge in [0.25, 0.3) is 15.9 Å². The molecule has 0 heterocycles. The number of carbonyl (C=O) groups excluding carboxylic acids is 1. The number of anilines is 1. The molecule has 0 aromatic heterocycles. The Hall–Kier alpha value is -2.05. The third kappa shape index (κ3) is 5.47. The summed E-state index contributed by atoms with van der Waals surface area (Å²) in [5.74, 6) is 0.142. The van der Waals surface area contributed by atoms with Crippen LogP contribution in [-0.4, -0.2) is 20.9 Å². The lowest BCUT2D eigenvalue weighted by Gasteiger charge is -2.14. The minimum Gasteiger partial charge on any atom is -0.352 e. The number of hydrogen-bond donors (Lipinski definition) is 2. The first-order chi connectivity index (χ1) is 12.6. The zero-order valence-electron chi connectivity index (χ0n) is 16.0. The van der Waals surface area contributed by atoms with E-state index in [0.29, 0.717) is 18.2 Å². The average Bonchev–Trinajstić information content (AvgIpc) is 2.58. The van der Waals surface area contributed by atoms with Crippen molar-refractivity contribution in [2.75, 3.05) is 11.3 Å². The van der Waals surface area contributed by atoms with Gasteiger partial charge in [-0.15, -0.1) is 0 Å². The Morgan fingerprint density at radius 2 is 1.85 bits per heavy atom. The van der Waals surface area contributed by atoms with Crippen molar-refractivity contribution in [1.82, 2.24) is 5.32 Å². The monoisotopic (exact) mass is 408 g/mol. The van der Waals surface area contributed by atoms with Crippen molar-refractivity contribution >= 4 is 33.2 Å². The number of carbonyl (C=O) groups is 1. The van der Waals surface area contributed by atoms with Gasteiger partial charge in [-0.3, -0.25) is 9.52 Å². The van der Waals surface area contributed by atoms with Gasteiger partial charge in [0.15, 0.2) is 0 Å². The number of hydrogen-bond acceptors (Lipinski definition) is 3. The molecule has 7 heteroatoms. The first kappa shape index (κ1) is 21.3. The maximum absolute atomic E-state index is 12.8. The summed E-state index contributed by atoms with van der Waals surface area (Å²) in [5, 5.41) is 2.86. The molecule has 0 aliphatic carbocycles. The molecule has 0 aliphatic rings. The molecule has 0 radical (unpaired) electrons. The van der Waals surface area contributed by atoms with Crippen molar-refractivity contribution in [3.63, 3.8) is 0 Å². The number of nitrogens with one attached hydrogen (secondary N) is 2. The van der Waals surface area contributed by atoms with Gasteiger partial charge in [0.2, 0.25) is 0 Å². The molecule has 5 nitrogen and oxygen atoms in total. The van der Waals surface area contributed by atoms with Crippen molar-refractivity contribution in [1.29, 1.82) is 0 Å². The van der Waals surface area contributed by atoms with E-state index in [4.69, 9.17) is 11.6 Å². The fourth-order valence-electron chi connectivity index (χ4n) is 2.49. The summed E-state index contributed by atoms with van der Waals surface area (Å²) in [6.07, 6.45) is 0.846. The van der Waals surface area contributed by atoms with Crippen LogP contribution in [0.15, 0.2) is 41.3 Å². The number of benzene rings is 2. The van der Waals surface area contributed by atoms with E-state index >= 15 is 0 Å². The zero-order valence-corrected chi connectivity index (χ0v) is 17.5. The van der Waals surface area contributed by atoms with Crippen LogP contribution < -0.4 is 10.0 Å². The summed E-state index contributed by atoms with van der Waals surface area (Å²) in [6.45, 7) is 8.41. The fourth-order valence-corrected chi connectivity index (χ4v) is 4.14. The van der Waals surface area contributed by atoms with Crippen molar-refractivity contribution in [3.8, 4) is 0 Å². The molecule has 27 heavy (non-hydrogen) atoms. The Kier molecular flexibility index (Phi) is 6.89. The van der Waals surface area contributed by atoms with E-state index < -0.39 is 10.0 Å². The molecule has 1 amide bonds. The van der Waals surface area contributed by atoms with Crippen LogP contribution in [0.5, 0.6) is 0 Å². The average molecular weight is 409 g/mol. The molecule has 146 valence electrons. The Labute approximate surface area is 166 Å². The summed E-state index contributed by atoms with van der Waals surface area (Å²) >= 11 is 6.12. The largest absolute Gasteiger partial charge is 0.352 e. The SMILES string of the molecule is Cc1cccc(NS(=O)(=O)c2cc(C(=O)NCCC(C)C)ccc2Cl)c1C. The van der Waals surface area contributed by atoms with Crippen LogP contribution >= 0.6 is 11.6 Å². The minimum absolute atomic E-state index is 0.0616. The second kappa shape index (κ2) is 8.76. The van der Waals surface area contributed by atoms with Crippen LogP contribution in [0.25, 0.3) is 0 Å². The van der Waals surface area contributed by atoms with Gasteiger partial charge in [0.05, 0.1) is 10.7 Å². The molecule has 2 rings (SSSR count).